The number of nitrogens with one attached hydrogen (secondary N) is 1. The maximum atomic E-state index is 12.7. The molecule has 7 nitrogen and oxygen atoms in total. The summed E-state index contributed by atoms with van der Waals surface area (Å²) in [6.45, 7) is 3.70. The first kappa shape index (κ1) is 21.5. The largest absolute Gasteiger partial charge is 0.462 e. The van der Waals surface area contributed by atoms with Gasteiger partial charge in [-0.1, -0.05) is 29.8 Å². The Morgan fingerprint density at radius 1 is 1.20 bits per heavy atom. The van der Waals surface area contributed by atoms with Gasteiger partial charge in [-0.3, -0.25) is 14.9 Å². The quantitative estimate of drug-likeness (QED) is 0.298. The fraction of sp³-hybridized carbons (Fsp3) is 0.143. The molecule has 1 N–H and O–H groups in total. The number of nitro groups is 1. The lowest BCUT2D eigenvalue weighted by Gasteiger charge is -2.09. The molecule has 0 bridgehead atoms. The van der Waals surface area contributed by atoms with E-state index in [9.17, 15) is 19.7 Å². The normalized spacial score (nSPS) is 10.5. The number of anilines is 1. The van der Waals surface area contributed by atoms with Crippen LogP contribution in [0, 0.1) is 17.0 Å². The van der Waals surface area contributed by atoms with Gasteiger partial charge in [0.05, 0.1) is 11.5 Å². The number of benzene rings is 2. The van der Waals surface area contributed by atoms with Crippen molar-refractivity contribution in [3.8, 4) is 11.1 Å². The zero-order valence-electron chi connectivity index (χ0n) is 16.1. The Bertz CT molecular complexity index is 1120. The lowest BCUT2D eigenvalue weighted by molar-refractivity contribution is -0.384. The van der Waals surface area contributed by atoms with Gasteiger partial charge in [0, 0.05) is 33.2 Å². The van der Waals surface area contributed by atoms with Crippen molar-refractivity contribution in [2.24, 2.45) is 0 Å². The molecule has 0 saturated carbocycles. The number of ether oxygens (including phenoxy) is 1. The molecule has 30 heavy (non-hydrogen) atoms. The molecule has 0 spiro atoms. The number of carbonyl (C=O) groups excluding carboxylic acids is 2. The van der Waals surface area contributed by atoms with Gasteiger partial charge >= 0.3 is 5.97 Å². The summed E-state index contributed by atoms with van der Waals surface area (Å²) in [5, 5.41) is 14.6. The predicted octanol–water partition coefficient (Wildman–Crippen LogP) is 5.71. The highest BCUT2D eigenvalue weighted by Gasteiger charge is 2.26. The molecule has 0 atom stereocenters. The molecule has 154 valence electrons. The lowest BCUT2D eigenvalue weighted by Crippen LogP contribution is -2.15. The number of thiophene rings is 1. The number of nitro benzene ring substituents is 1. The molecule has 0 unspecified atom stereocenters. The van der Waals surface area contributed by atoms with Gasteiger partial charge in [-0.05, 0) is 37.6 Å². The molecular formula is C21H17ClN2O5S. The number of carbonyl (C=O) groups is 2. The van der Waals surface area contributed by atoms with Crippen molar-refractivity contribution in [2.45, 2.75) is 13.8 Å². The highest BCUT2D eigenvalue weighted by atomic mass is 35.5. The van der Waals surface area contributed by atoms with Crippen LogP contribution in [-0.2, 0) is 4.74 Å². The first-order valence-electron chi connectivity index (χ1n) is 8.94. The molecule has 1 amide bonds. The Balaban J connectivity index is 2.04. The summed E-state index contributed by atoms with van der Waals surface area (Å²) < 4.78 is 5.21. The second-order valence-corrected chi connectivity index (χ2v) is 7.89. The van der Waals surface area contributed by atoms with E-state index in [1.54, 1.807) is 31.2 Å². The number of hydrogen-bond acceptors (Lipinski definition) is 6. The topological polar surface area (TPSA) is 98.5 Å². The van der Waals surface area contributed by atoms with Crippen LogP contribution in [0.25, 0.3) is 11.1 Å². The standard InChI is InChI=1S/C21H17ClN2O5S/c1-3-29-21(26)18-17(13-7-9-15(22)10-8-13)12(2)30-20(18)23-19(25)14-5-4-6-16(11-14)24(27)28/h4-11H,3H2,1-2H3,(H,23,25). The van der Waals surface area contributed by atoms with E-state index in [-0.39, 0.29) is 23.4 Å². The van der Waals surface area contributed by atoms with Crippen LogP contribution in [0.5, 0.6) is 0 Å². The van der Waals surface area contributed by atoms with E-state index in [0.717, 1.165) is 10.4 Å². The number of rotatable bonds is 6. The van der Waals surface area contributed by atoms with Gasteiger partial charge < -0.3 is 10.1 Å². The first-order valence-corrected chi connectivity index (χ1v) is 10.1. The van der Waals surface area contributed by atoms with Crippen molar-refractivity contribution in [3.63, 3.8) is 0 Å². The third kappa shape index (κ3) is 4.50. The Kier molecular flexibility index (Phi) is 6.49. The van der Waals surface area contributed by atoms with E-state index in [2.05, 4.69) is 5.32 Å². The van der Waals surface area contributed by atoms with E-state index in [0.29, 0.717) is 15.6 Å². The number of hydrogen-bond donors (Lipinski definition) is 1. The maximum absolute atomic E-state index is 12.7. The number of halogens is 1. The Hall–Kier alpha value is -3.23. The van der Waals surface area contributed by atoms with Gasteiger partial charge in [0.2, 0.25) is 0 Å². The molecule has 2 aromatic carbocycles. The van der Waals surface area contributed by atoms with Crippen molar-refractivity contribution in [1.82, 2.24) is 0 Å². The predicted molar refractivity (Wildman–Crippen MR) is 117 cm³/mol. The summed E-state index contributed by atoms with van der Waals surface area (Å²) in [5.74, 6) is -1.13. The van der Waals surface area contributed by atoms with Crippen molar-refractivity contribution in [2.75, 3.05) is 11.9 Å². The van der Waals surface area contributed by atoms with Crippen LogP contribution in [0.2, 0.25) is 5.02 Å². The van der Waals surface area contributed by atoms with Crippen LogP contribution in [0.3, 0.4) is 0 Å². The third-order valence-corrected chi connectivity index (χ3v) is 5.52. The van der Waals surface area contributed by atoms with E-state index < -0.39 is 16.8 Å². The minimum absolute atomic E-state index is 0.109. The minimum Gasteiger partial charge on any atom is -0.462 e. The molecule has 0 radical (unpaired) electrons. The smallest absolute Gasteiger partial charge is 0.341 e. The average molecular weight is 445 g/mol. The average Bonchev–Trinajstić information content (AvgIpc) is 3.04. The molecule has 1 heterocycles. The van der Waals surface area contributed by atoms with Gasteiger partial charge in [-0.25, -0.2) is 4.79 Å². The van der Waals surface area contributed by atoms with E-state index in [1.807, 2.05) is 6.92 Å². The van der Waals surface area contributed by atoms with Crippen LogP contribution in [0.15, 0.2) is 48.5 Å². The SMILES string of the molecule is CCOC(=O)c1c(NC(=O)c2cccc([N+](=O)[O-])c2)sc(C)c1-c1ccc(Cl)cc1. The molecule has 0 aliphatic heterocycles. The number of non-ortho nitro benzene ring substituents is 1. The number of aryl methyl sites for hydroxylation is 1. The Morgan fingerprint density at radius 3 is 2.53 bits per heavy atom. The molecule has 3 aromatic rings. The number of esters is 1. The van der Waals surface area contributed by atoms with Gasteiger partial charge in [0.1, 0.15) is 10.6 Å². The van der Waals surface area contributed by atoms with Crippen LogP contribution in [0.4, 0.5) is 10.7 Å². The second kappa shape index (κ2) is 9.06. The molecule has 0 aliphatic rings. The molecular weight excluding hydrogens is 428 g/mol. The van der Waals surface area contributed by atoms with Crippen molar-refractivity contribution in [1.29, 1.82) is 0 Å². The number of nitrogens with zero attached hydrogens (tertiary/aromatic N) is 1. The van der Waals surface area contributed by atoms with Crippen LogP contribution >= 0.6 is 22.9 Å². The molecule has 0 aliphatic carbocycles. The van der Waals surface area contributed by atoms with Gasteiger partial charge in [-0.15, -0.1) is 11.3 Å². The zero-order chi connectivity index (χ0) is 21.8. The van der Waals surface area contributed by atoms with Crippen LogP contribution in [-0.4, -0.2) is 23.4 Å². The van der Waals surface area contributed by atoms with E-state index >= 15 is 0 Å². The summed E-state index contributed by atoms with van der Waals surface area (Å²) in [6.07, 6.45) is 0. The van der Waals surface area contributed by atoms with Crippen LogP contribution < -0.4 is 5.32 Å². The maximum Gasteiger partial charge on any atom is 0.341 e. The van der Waals surface area contributed by atoms with Crippen molar-refractivity contribution >= 4 is 45.5 Å². The monoisotopic (exact) mass is 444 g/mol. The van der Waals surface area contributed by atoms with Crippen molar-refractivity contribution in [3.05, 3.63) is 79.7 Å². The zero-order valence-corrected chi connectivity index (χ0v) is 17.7. The molecule has 9 heteroatoms. The summed E-state index contributed by atoms with van der Waals surface area (Å²) in [6, 6.07) is 12.4. The summed E-state index contributed by atoms with van der Waals surface area (Å²) in [5.41, 5.74) is 1.55. The fourth-order valence-electron chi connectivity index (χ4n) is 2.93. The summed E-state index contributed by atoms with van der Waals surface area (Å²) in [4.78, 5) is 36.7. The fourth-order valence-corrected chi connectivity index (χ4v) is 4.12. The molecule has 0 saturated heterocycles. The third-order valence-electron chi connectivity index (χ3n) is 4.24. The molecule has 3 rings (SSSR count). The summed E-state index contributed by atoms with van der Waals surface area (Å²) >= 11 is 7.20. The lowest BCUT2D eigenvalue weighted by atomic mass is 10.0. The highest BCUT2D eigenvalue weighted by Crippen LogP contribution is 2.41. The van der Waals surface area contributed by atoms with Gasteiger partial charge in [0.15, 0.2) is 0 Å². The number of amides is 1. The van der Waals surface area contributed by atoms with Gasteiger partial charge in [-0.2, -0.15) is 0 Å². The Labute approximate surface area is 181 Å². The molecule has 1 aromatic heterocycles. The molecule has 0 fully saturated rings. The highest BCUT2D eigenvalue weighted by molar-refractivity contribution is 7.17. The van der Waals surface area contributed by atoms with Crippen molar-refractivity contribution < 1.29 is 19.2 Å². The Morgan fingerprint density at radius 2 is 1.90 bits per heavy atom. The minimum atomic E-state index is -0.575. The first-order chi connectivity index (χ1) is 14.3. The van der Waals surface area contributed by atoms with E-state index in [1.165, 1.54) is 35.6 Å². The van der Waals surface area contributed by atoms with E-state index in [4.69, 9.17) is 16.3 Å². The van der Waals surface area contributed by atoms with Crippen LogP contribution in [0.1, 0.15) is 32.5 Å². The van der Waals surface area contributed by atoms with Gasteiger partial charge in [0.25, 0.3) is 11.6 Å². The second-order valence-electron chi connectivity index (χ2n) is 6.23. The summed E-state index contributed by atoms with van der Waals surface area (Å²) in [7, 11) is 0.